The maximum Gasteiger partial charge on any atom is 0.270 e. The molecule has 0 spiro atoms. The van der Waals surface area contributed by atoms with Gasteiger partial charge in [-0.05, 0) is 43.7 Å². The van der Waals surface area contributed by atoms with Crippen molar-refractivity contribution in [3.63, 3.8) is 0 Å². The Morgan fingerprint density at radius 2 is 1.52 bits per heavy atom. The number of nitrogens with zero attached hydrogens (tertiary/aromatic N) is 1. The maximum absolute atomic E-state index is 13.3. The summed E-state index contributed by atoms with van der Waals surface area (Å²) < 4.78 is 26.6. The summed E-state index contributed by atoms with van der Waals surface area (Å²) in [5.41, 5.74) is 0.583. The Hall–Kier alpha value is -1.00. The van der Waals surface area contributed by atoms with Crippen molar-refractivity contribution in [3.8, 4) is 0 Å². The van der Waals surface area contributed by atoms with Gasteiger partial charge in [-0.1, -0.05) is 38.1 Å². The first-order valence-electron chi connectivity index (χ1n) is 8.43. The Balaban J connectivity index is 1.94. The molecule has 1 saturated heterocycles. The van der Waals surface area contributed by atoms with Gasteiger partial charge in [-0.25, -0.2) is 8.78 Å². The van der Waals surface area contributed by atoms with E-state index < -0.39 is 11.5 Å². The Bertz CT molecular complexity index is 507. The summed E-state index contributed by atoms with van der Waals surface area (Å²) in [6, 6.07) is 6.73. The van der Waals surface area contributed by atoms with Crippen LogP contribution in [0, 0.1) is 0 Å². The molecule has 0 radical (unpaired) electrons. The van der Waals surface area contributed by atoms with E-state index in [0.29, 0.717) is 0 Å². The minimum atomic E-state index is -2.78. The van der Waals surface area contributed by atoms with Gasteiger partial charge in [-0.15, -0.1) is 0 Å². The van der Waals surface area contributed by atoms with Gasteiger partial charge in [0.25, 0.3) is 5.92 Å². The van der Waals surface area contributed by atoms with Gasteiger partial charge in [-0.3, -0.25) is 0 Å². The molecule has 0 atom stereocenters. The van der Waals surface area contributed by atoms with Crippen LogP contribution in [0.1, 0.15) is 58.1 Å². The van der Waals surface area contributed by atoms with Gasteiger partial charge >= 0.3 is 0 Å². The molecule has 0 aromatic heterocycles. The first-order valence-corrected chi connectivity index (χ1v) is 8.43. The number of hydrogen-bond acceptors (Lipinski definition) is 2. The monoisotopic (exact) mass is 325 g/mol. The Labute approximate surface area is 138 Å². The number of halogens is 2. The Morgan fingerprint density at radius 3 is 2.00 bits per heavy atom. The number of likely N-dealkylation sites (tertiary alicyclic amines) is 1. The van der Waals surface area contributed by atoms with Gasteiger partial charge in [0, 0.05) is 25.6 Å². The smallest absolute Gasteiger partial charge is 0.270 e. The zero-order valence-corrected chi connectivity index (χ0v) is 14.7. The highest BCUT2D eigenvalue weighted by atomic mass is 19.3. The first-order chi connectivity index (χ1) is 10.5. The zero-order chi connectivity index (χ0) is 17.3. The third-order valence-corrected chi connectivity index (χ3v) is 5.16. The average Bonchev–Trinajstić information content (AvgIpc) is 2.45. The Kier molecular flexibility index (Phi) is 5.17. The van der Waals surface area contributed by atoms with E-state index >= 15 is 0 Å². The normalized spacial score (nSPS) is 19.8. The second-order valence-corrected chi connectivity index (χ2v) is 7.94. The van der Waals surface area contributed by atoms with E-state index in [1.54, 1.807) is 0 Å². The fourth-order valence-corrected chi connectivity index (χ4v) is 3.05. The molecule has 0 saturated carbocycles. The molecule has 1 fully saturated rings. The summed E-state index contributed by atoms with van der Waals surface area (Å²) in [6.07, 6.45) is 2.60. The lowest BCUT2D eigenvalue weighted by atomic mass is 9.80. The fourth-order valence-electron chi connectivity index (χ4n) is 3.05. The standard InChI is InChI=1S/C19H29F2NO/c1-17(2,9-12-22-13-10-18(3,23)11-14-22)15-5-7-16(8-6-15)19(4,20)21/h5-8,23H,9-14H2,1-4H3. The minimum Gasteiger partial charge on any atom is -0.390 e. The second-order valence-electron chi connectivity index (χ2n) is 7.94. The van der Waals surface area contributed by atoms with Crippen molar-refractivity contribution in [2.45, 2.75) is 63.9 Å². The maximum atomic E-state index is 13.3. The van der Waals surface area contributed by atoms with Crippen LogP contribution in [0.2, 0.25) is 0 Å². The zero-order valence-electron chi connectivity index (χ0n) is 14.7. The molecular weight excluding hydrogens is 296 g/mol. The highest BCUT2D eigenvalue weighted by Crippen LogP contribution is 2.32. The van der Waals surface area contributed by atoms with E-state index in [0.717, 1.165) is 51.4 Å². The number of hydrogen-bond donors (Lipinski definition) is 1. The number of piperidine rings is 1. The molecular formula is C19H29F2NO. The molecule has 1 aromatic carbocycles. The quantitative estimate of drug-likeness (QED) is 0.872. The van der Waals surface area contributed by atoms with Crippen molar-refractivity contribution in [1.29, 1.82) is 0 Å². The largest absolute Gasteiger partial charge is 0.390 e. The van der Waals surface area contributed by atoms with Crippen LogP contribution >= 0.6 is 0 Å². The summed E-state index contributed by atoms with van der Waals surface area (Å²) in [5, 5.41) is 10.0. The highest BCUT2D eigenvalue weighted by Gasteiger charge is 2.29. The van der Waals surface area contributed by atoms with Crippen molar-refractivity contribution >= 4 is 0 Å². The number of benzene rings is 1. The topological polar surface area (TPSA) is 23.5 Å². The number of rotatable bonds is 5. The third kappa shape index (κ3) is 4.98. The summed E-state index contributed by atoms with van der Waals surface area (Å²) in [4.78, 5) is 2.38. The molecule has 0 bridgehead atoms. The average molecular weight is 325 g/mol. The van der Waals surface area contributed by atoms with Crippen LogP contribution in [0.25, 0.3) is 0 Å². The molecule has 1 aromatic rings. The summed E-state index contributed by atoms with van der Waals surface area (Å²) in [5.74, 6) is -2.78. The predicted molar refractivity (Wildman–Crippen MR) is 90.0 cm³/mol. The summed E-state index contributed by atoms with van der Waals surface area (Å²) in [7, 11) is 0. The molecule has 0 aliphatic carbocycles. The van der Waals surface area contributed by atoms with Crippen LogP contribution in [0.4, 0.5) is 8.78 Å². The van der Waals surface area contributed by atoms with Crippen molar-refractivity contribution < 1.29 is 13.9 Å². The van der Waals surface area contributed by atoms with Gasteiger partial charge < -0.3 is 10.0 Å². The van der Waals surface area contributed by atoms with Crippen LogP contribution in [-0.4, -0.2) is 35.2 Å². The van der Waals surface area contributed by atoms with E-state index in [-0.39, 0.29) is 11.0 Å². The molecule has 130 valence electrons. The van der Waals surface area contributed by atoms with Crippen molar-refractivity contribution in [2.75, 3.05) is 19.6 Å². The van der Waals surface area contributed by atoms with Gasteiger partial charge in [0.2, 0.25) is 0 Å². The van der Waals surface area contributed by atoms with Gasteiger partial charge in [0.1, 0.15) is 0 Å². The first kappa shape index (κ1) is 18.3. The van der Waals surface area contributed by atoms with Crippen molar-refractivity contribution in [2.24, 2.45) is 0 Å². The summed E-state index contributed by atoms with van der Waals surface area (Å²) in [6.45, 7) is 9.96. The second kappa shape index (κ2) is 6.48. The number of alkyl halides is 2. The fraction of sp³-hybridized carbons (Fsp3) is 0.684. The molecule has 1 N–H and O–H groups in total. The van der Waals surface area contributed by atoms with E-state index in [1.165, 1.54) is 12.1 Å². The molecule has 0 amide bonds. The molecule has 0 unspecified atom stereocenters. The predicted octanol–water partition coefficient (Wildman–Crippen LogP) is 4.31. The molecule has 1 aliphatic rings. The van der Waals surface area contributed by atoms with Crippen LogP contribution < -0.4 is 0 Å². The van der Waals surface area contributed by atoms with Crippen molar-refractivity contribution in [3.05, 3.63) is 35.4 Å². The van der Waals surface area contributed by atoms with Gasteiger partial charge in [-0.2, -0.15) is 0 Å². The summed E-state index contributed by atoms with van der Waals surface area (Å²) >= 11 is 0. The van der Waals surface area contributed by atoms with E-state index in [4.69, 9.17) is 0 Å². The van der Waals surface area contributed by atoms with Crippen molar-refractivity contribution in [1.82, 2.24) is 4.90 Å². The molecule has 1 aliphatic heterocycles. The molecule has 4 heteroatoms. The Morgan fingerprint density at radius 1 is 1.04 bits per heavy atom. The third-order valence-electron chi connectivity index (χ3n) is 5.16. The van der Waals surface area contributed by atoms with Crippen LogP contribution in [0.15, 0.2) is 24.3 Å². The molecule has 2 rings (SSSR count). The lowest BCUT2D eigenvalue weighted by Gasteiger charge is -2.37. The highest BCUT2D eigenvalue weighted by molar-refractivity contribution is 5.30. The van der Waals surface area contributed by atoms with Crippen LogP contribution in [-0.2, 0) is 11.3 Å². The molecule has 23 heavy (non-hydrogen) atoms. The van der Waals surface area contributed by atoms with Crippen LogP contribution in [0.3, 0.4) is 0 Å². The van der Waals surface area contributed by atoms with E-state index in [2.05, 4.69) is 18.7 Å². The SMILES string of the molecule is CC1(O)CCN(CCC(C)(C)c2ccc(C(C)(F)F)cc2)CC1. The van der Waals surface area contributed by atoms with E-state index in [1.807, 2.05) is 19.1 Å². The minimum absolute atomic E-state index is 0.0540. The molecule has 1 heterocycles. The lowest BCUT2D eigenvalue weighted by molar-refractivity contribution is -0.00646. The van der Waals surface area contributed by atoms with Gasteiger partial charge in [0.05, 0.1) is 5.60 Å². The number of aliphatic hydroxyl groups is 1. The molecule has 2 nitrogen and oxygen atoms in total. The van der Waals surface area contributed by atoms with Crippen LogP contribution in [0.5, 0.6) is 0 Å². The van der Waals surface area contributed by atoms with E-state index in [9.17, 15) is 13.9 Å². The lowest BCUT2D eigenvalue weighted by Crippen LogP contribution is -2.43. The van der Waals surface area contributed by atoms with Gasteiger partial charge in [0.15, 0.2) is 0 Å².